The Morgan fingerprint density at radius 2 is 1.91 bits per heavy atom. The molecule has 9 nitrogen and oxygen atoms in total. The molecule has 3 rings (SSSR count). The SMILES string of the molecule is COc1cc(/C=N/NC(=O)Cc2ccccc2[N+](=O)[O-])cc(Cl)c1OCc1ccccc1C#N. The van der Waals surface area contributed by atoms with Gasteiger partial charge >= 0.3 is 0 Å². The van der Waals surface area contributed by atoms with Gasteiger partial charge in [0.25, 0.3) is 5.69 Å². The van der Waals surface area contributed by atoms with Gasteiger partial charge in [-0.25, -0.2) is 5.43 Å². The number of rotatable bonds is 9. The number of halogens is 1. The van der Waals surface area contributed by atoms with Crippen LogP contribution in [0, 0.1) is 21.4 Å². The number of hydrogen-bond acceptors (Lipinski definition) is 7. The van der Waals surface area contributed by atoms with E-state index in [2.05, 4.69) is 16.6 Å². The van der Waals surface area contributed by atoms with E-state index >= 15 is 0 Å². The van der Waals surface area contributed by atoms with Crippen molar-refractivity contribution >= 4 is 29.4 Å². The average Bonchev–Trinajstić information content (AvgIpc) is 2.83. The van der Waals surface area contributed by atoms with Gasteiger partial charge in [0.15, 0.2) is 11.5 Å². The molecule has 0 radical (unpaired) electrons. The molecule has 3 aromatic rings. The fraction of sp³-hybridized carbons (Fsp3) is 0.125. The van der Waals surface area contributed by atoms with Gasteiger partial charge in [0.2, 0.25) is 5.91 Å². The van der Waals surface area contributed by atoms with Crippen molar-refractivity contribution in [3.63, 3.8) is 0 Å². The molecule has 0 aromatic heterocycles. The maximum absolute atomic E-state index is 12.2. The number of nitrogens with zero attached hydrogens (tertiary/aromatic N) is 3. The molecule has 0 atom stereocenters. The molecule has 0 bridgehead atoms. The van der Waals surface area contributed by atoms with Gasteiger partial charge in [0.05, 0.1) is 41.3 Å². The van der Waals surface area contributed by atoms with E-state index in [9.17, 15) is 20.2 Å². The third-order valence-corrected chi connectivity index (χ3v) is 4.98. The largest absolute Gasteiger partial charge is 0.493 e. The van der Waals surface area contributed by atoms with Crippen LogP contribution in [0.5, 0.6) is 11.5 Å². The zero-order valence-corrected chi connectivity index (χ0v) is 18.8. The molecule has 0 saturated carbocycles. The number of ether oxygens (including phenoxy) is 2. The zero-order chi connectivity index (χ0) is 24.5. The van der Waals surface area contributed by atoms with E-state index in [0.29, 0.717) is 28.2 Å². The van der Waals surface area contributed by atoms with Gasteiger partial charge in [-0.05, 0) is 23.8 Å². The van der Waals surface area contributed by atoms with Crippen molar-refractivity contribution in [1.82, 2.24) is 5.43 Å². The monoisotopic (exact) mass is 478 g/mol. The number of nitriles is 1. The Morgan fingerprint density at radius 3 is 2.62 bits per heavy atom. The lowest BCUT2D eigenvalue weighted by molar-refractivity contribution is -0.385. The summed E-state index contributed by atoms with van der Waals surface area (Å²) in [6.07, 6.45) is 1.16. The molecule has 1 N–H and O–H groups in total. The highest BCUT2D eigenvalue weighted by Crippen LogP contribution is 2.36. The van der Waals surface area contributed by atoms with Crippen molar-refractivity contribution in [2.45, 2.75) is 13.0 Å². The fourth-order valence-corrected chi connectivity index (χ4v) is 3.36. The molecule has 0 saturated heterocycles. The molecule has 0 aliphatic carbocycles. The van der Waals surface area contributed by atoms with Crippen LogP contribution < -0.4 is 14.9 Å². The number of nitro groups is 1. The minimum atomic E-state index is -0.539. The van der Waals surface area contributed by atoms with Crippen LogP contribution in [0.2, 0.25) is 5.02 Å². The number of carbonyl (C=O) groups excluding carboxylic acids is 1. The first kappa shape index (κ1) is 24.2. The van der Waals surface area contributed by atoms with Gasteiger partial charge in [-0.15, -0.1) is 0 Å². The topological polar surface area (TPSA) is 127 Å². The third-order valence-electron chi connectivity index (χ3n) is 4.70. The first-order valence-electron chi connectivity index (χ1n) is 9.95. The molecule has 10 heteroatoms. The van der Waals surface area contributed by atoms with Gasteiger partial charge in [-0.1, -0.05) is 48.0 Å². The molecule has 34 heavy (non-hydrogen) atoms. The van der Waals surface area contributed by atoms with E-state index in [1.165, 1.54) is 31.5 Å². The van der Waals surface area contributed by atoms with Crippen LogP contribution in [-0.2, 0) is 17.8 Å². The Labute approximate surface area is 200 Å². The second kappa shape index (κ2) is 11.4. The van der Waals surface area contributed by atoms with Gasteiger partial charge in [-0.2, -0.15) is 10.4 Å². The second-order valence-electron chi connectivity index (χ2n) is 6.95. The summed E-state index contributed by atoms with van der Waals surface area (Å²) in [7, 11) is 1.46. The number of hydrogen-bond donors (Lipinski definition) is 1. The molecule has 0 fully saturated rings. The van der Waals surface area contributed by atoms with E-state index in [1.54, 1.807) is 36.4 Å². The summed E-state index contributed by atoms with van der Waals surface area (Å²) in [6.45, 7) is 0.120. The van der Waals surface area contributed by atoms with Crippen LogP contribution in [0.1, 0.15) is 22.3 Å². The number of hydrazone groups is 1. The average molecular weight is 479 g/mol. The molecule has 172 valence electrons. The number of para-hydroxylation sites is 1. The van der Waals surface area contributed by atoms with E-state index in [1.807, 2.05) is 6.07 Å². The Hall–Kier alpha value is -4.42. The maximum atomic E-state index is 12.2. The van der Waals surface area contributed by atoms with Gasteiger partial charge < -0.3 is 9.47 Å². The molecule has 3 aromatic carbocycles. The van der Waals surface area contributed by atoms with Crippen molar-refractivity contribution in [1.29, 1.82) is 5.26 Å². The number of methoxy groups -OCH3 is 1. The molecule has 0 aliphatic heterocycles. The van der Waals surface area contributed by atoms with Crippen LogP contribution in [0.3, 0.4) is 0 Å². The van der Waals surface area contributed by atoms with Gasteiger partial charge in [0.1, 0.15) is 6.61 Å². The van der Waals surface area contributed by atoms with Crippen LogP contribution in [-0.4, -0.2) is 24.2 Å². The maximum Gasteiger partial charge on any atom is 0.273 e. The molecule has 1 amide bonds. The Bertz CT molecular complexity index is 1290. The Morgan fingerprint density at radius 1 is 1.21 bits per heavy atom. The number of benzene rings is 3. The summed E-state index contributed by atoms with van der Waals surface area (Å²) < 4.78 is 11.2. The quantitative estimate of drug-likeness (QED) is 0.276. The molecule has 0 heterocycles. The highest BCUT2D eigenvalue weighted by molar-refractivity contribution is 6.32. The summed E-state index contributed by atoms with van der Waals surface area (Å²) >= 11 is 6.37. The van der Waals surface area contributed by atoms with E-state index in [0.717, 1.165) is 0 Å². The lowest BCUT2D eigenvalue weighted by Gasteiger charge is -2.14. The molecule has 0 aliphatic rings. The first-order chi connectivity index (χ1) is 16.4. The summed E-state index contributed by atoms with van der Waals surface area (Å²) in [6, 6.07) is 18.4. The summed E-state index contributed by atoms with van der Waals surface area (Å²) in [5, 5.41) is 24.4. The smallest absolute Gasteiger partial charge is 0.273 e. The number of nitrogens with one attached hydrogen (secondary N) is 1. The van der Waals surface area contributed by atoms with Crippen LogP contribution in [0.15, 0.2) is 65.8 Å². The van der Waals surface area contributed by atoms with Gasteiger partial charge in [0, 0.05) is 17.2 Å². The first-order valence-corrected chi connectivity index (χ1v) is 10.3. The second-order valence-corrected chi connectivity index (χ2v) is 7.35. The highest BCUT2D eigenvalue weighted by Gasteiger charge is 2.16. The standard InChI is InChI=1S/C24H19ClN4O5/c1-33-22-11-16(10-20(25)24(22)34-15-19-8-3-2-7-18(19)13-26)14-27-28-23(30)12-17-6-4-5-9-21(17)29(31)32/h2-11,14H,12,15H2,1H3,(H,28,30)/b27-14+. The van der Waals surface area contributed by atoms with Crippen molar-refractivity contribution in [3.8, 4) is 17.6 Å². The van der Waals surface area contributed by atoms with Crippen molar-refractivity contribution in [3.05, 3.63) is 98.1 Å². The third kappa shape index (κ3) is 6.09. The molecular formula is C24H19ClN4O5. The zero-order valence-electron chi connectivity index (χ0n) is 18.0. The number of amides is 1. The van der Waals surface area contributed by atoms with Crippen molar-refractivity contribution in [2.24, 2.45) is 5.10 Å². The predicted octanol–water partition coefficient (Wildman–Crippen LogP) is 4.40. The Balaban J connectivity index is 1.67. The van der Waals surface area contributed by atoms with Crippen molar-refractivity contribution < 1.29 is 19.2 Å². The summed E-state index contributed by atoms with van der Waals surface area (Å²) in [5.41, 5.74) is 4.21. The predicted molar refractivity (Wildman–Crippen MR) is 126 cm³/mol. The highest BCUT2D eigenvalue weighted by atomic mass is 35.5. The minimum Gasteiger partial charge on any atom is -0.493 e. The molecular weight excluding hydrogens is 460 g/mol. The number of nitro benzene ring substituents is 1. The van der Waals surface area contributed by atoms with Crippen LogP contribution in [0.4, 0.5) is 5.69 Å². The van der Waals surface area contributed by atoms with Crippen molar-refractivity contribution in [2.75, 3.05) is 7.11 Å². The fourth-order valence-electron chi connectivity index (χ4n) is 3.09. The van der Waals surface area contributed by atoms with E-state index in [-0.39, 0.29) is 29.3 Å². The Kier molecular flexibility index (Phi) is 8.16. The number of carbonyl (C=O) groups is 1. The summed E-state index contributed by atoms with van der Waals surface area (Å²) in [4.78, 5) is 22.7. The minimum absolute atomic E-state index is 0.120. The lowest BCUT2D eigenvalue weighted by Crippen LogP contribution is -2.20. The van der Waals surface area contributed by atoms with Gasteiger partial charge in [-0.3, -0.25) is 14.9 Å². The van der Waals surface area contributed by atoms with E-state index < -0.39 is 10.8 Å². The summed E-state index contributed by atoms with van der Waals surface area (Å²) in [5.74, 6) is 0.129. The van der Waals surface area contributed by atoms with Crippen LogP contribution in [0.25, 0.3) is 0 Å². The normalized spacial score (nSPS) is 10.5. The van der Waals surface area contributed by atoms with Crippen LogP contribution >= 0.6 is 11.6 Å². The molecule has 0 spiro atoms. The lowest BCUT2D eigenvalue weighted by atomic mass is 10.1. The molecule has 0 unspecified atom stereocenters. The van der Waals surface area contributed by atoms with E-state index in [4.69, 9.17) is 21.1 Å².